The number of hydrogen-bond acceptors (Lipinski definition) is 3. The molecule has 5 nitrogen and oxygen atoms in total. The van der Waals surface area contributed by atoms with Crippen LogP contribution in [0.25, 0.3) is 21.8 Å². The lowest BCUT2D eigenvalue weighted by molar-refractivity contribution is 0.102. The van der Waals surface area contributed by atoms with Crippen LogP contribution in [0.2, 0.25) is 0 Å². The van der Waals surface area contributed by atoms with Gasteiger partial charge in [0.1, 0.15) is 5.75 Å². The van der Waals surface area contributed by atoms with E-state index in [0.29, 0.717) is 11.3 Å². The second-order valence-corrected chi connectivity index (χ2v) is 5.24. The van der Waals surface area contributed by atoms with Crippen LogP contribution < -0.4 is 5.32 Å². The highest BCUT2D eigenvalue weighted by Gasteiger charge is 2.15. The van der Waals surface area contributed by atoms with Crippen LogP contribution >= 0.6 is 0 Å². The minimum Gasteiger partial charge on any atom is -0.506 e. The molecule has 3 aromatic carbocycles. The number of amides is 1. The molecule has 0 fully saturated rings. The highest BCUT2D eigenvalue weighted by Crippen LogP contribution is 2.29. The maximum absolute atomic E-state index is 12.4. The number of hydrogen-bond donors (Lipinski definition) is 3. The van der Waals surface area contributed by atoms with Gasteiger partial charge in [-0.1, -0.05) is 42.5 Å². The number of carbonyl (C=O) groups is 1. The molecule has 0 bridgehead atoms. The topological polar surface area (TPSA) is 78.0 Å². The smallest absolute Gasteiger partial charge is 0.261 e. The van der Waals surface area contributed by atoms with Gasteiger partial charge in [0.15, 0.2) is 0 Å². The molecule has 0 atom stereocenters. The van der Waals surface area contributed by atoms with Crippen molar-refractivity contribution < 1.29 is 9.90 Å². The first-order valence-corrected chi connectivity index (χ1v) is 7.19. The van der Waals surface area contributed by atoms with E-state index in [1.54, 1.807) is 12.1 Å². The highest BCUT2D eigenvalue weighted by molar-refractivity contribution is 6.09. The van der Waals surface area contributed by atoms with Crippen molar-refractivity contribution in [2.45, 2.75) is 0 Å². The number of aromatic hydroxyl groups is 1. The van der Waals surface area contributed by atoms with Crippen molar-refractivity contribution in [3.63, 3.8) is 0 Å². The lowest BCUT2D eigenvalue weighted by Crippen LogP contribution is -2.13. The molecule has 3 N–H and O–H groups in total. The van der Waals surface area contributed by atoms with Crippen LogP contribution in [0.4, 0.5) is 5.95 Å². The number of phenolic OH excluding ortho intramolecular Hbond substituents is 1. The summed E-state index contributed by atoms with van der Waals surface area (Å²) in [6.45, 7) is 0. The van der Waals surface area contributed by atoms with Crippen molar-refractivity contribution in [1.29, 1.82) is 0 Å². The van der Waals surface area contributed by atoms with Crippen LogP contribution in [0.3, 0.4) is 0 Å². The van der Waals surface area contributed by atoms with Gasteiger partial charge >= 0.3 is 0 Å². The molecule has 1 aromatic heterocycles. The van der Waals surface area contributed by atoms with E-state index in [-0.39, 0.29) is 11.3 Å². The van der Waals surface area contributed by atoms with E-state index in [1.807, 2.05) is 48.5 Å². The van der Waals surface area contributed by atoms with Gasteiger partial charge in [0.25, 0.3) is 5.91 Å². The van der Waals surface area contributed by atoms with Gasteiger partial charge < -0.3 is 10.1 Å². The second kappa shape index (κ2) is 5.14. The molecule has 1 amide bonds. The number of para-hydroxylation sites is 2. The standard InChI is InChI=1S/C18H13N3O2/c22-16-12-6-2-1-5-11(12)9-10-13(16)17(23)21-18-19-14-7-3-4-8-15(14)20-18/h1-10,22H,(H2,19,20,21,23). The molecule has 5 heteroatoms. The van der Waals surface area contributed by atoms with Crippen LogP contribution in [-0.4, -0.2) is 21.0 Å². The Morgan fingerprint density at radius 2 is 1.78 bits per heavy atom. The van der Waals surface area contributed by atoms with E-state index in [9.17, 15) is 9.90 Å². The third kappa shape index (κ3) is 2.28. The zero-order valence-electron chi connectivity index (χ0n) is 12.1. The van der Waals surface area contributed by atoms with Gasteiger partial charge in [0.2, 0.25) is 5.95 Å². The van der Waals surface area contributed by atoms with Gasteiger partial charge in [-0.15, -0.1) is 0 Å². The SMILES string of the molecule is O=C(Nc1nc2ccccc2[nH]1)c1ccc2ccccc2c1O. The molecule has 4 aromatic rings. The first kappa shape index (κ1) is 13.3. The molecular formula is C18H13N3O2. The predicted octanol–water partition coefficient (Wildman–Crippen LogP) is 3.67. The van der Waals surface area contributed by atoms with Gasteiger partial charge in [-0.05, 0) is 23.6 Å². The first-order chi connectivity index (χ1) is 11.2. The number of benzene rings is 3. The minimum absolute atomic E-state index is 0.0308. The summed E-state index contributed by atoms with van der Waals surface area (Å²) in [4.78, 5) is 19.8. The van der Waals surface area contributed by atoms with Crippen LogP contribution in [0.5, 0.6) is 5.75 Å². The molecule has 0 unspecified atom stereocenters. The van der Waals surface area contributed by atoms with E-state index in [2.05, 4.69) is 15.3 Å². The summed E-state index contributed by atoms with van der Waals surface area (Å²) in [5.74, 6) is -0.0900. The van der Waals surface area contributed by atoms with Crippen molar-refractivity contribution in [2.75, 3.05) is 5.32 Å². The summed E-state index contributed by atoms with van der Waals surface area (Å²) in [6.07, 6.45) is 0. The fourth-order valence-corrected chi connectivity index (χ4v) is 2.63. The van der Waals surface area contributed by atoms with E-state index in [0.717, 1.165) is 16.4 Å². The van der Waals surface area contributed by atoms with E-state index >= 15 is 0 Å². The molecule has 112 valence electrons. The number of aromatic nitrogens is 2. The van der Waals surface area contributed by atoms with Crippen molar-refractivity contribution in [3.8, 4) is 5.75 Å². The summed E-state index contributed by atoms with van der Waals surface area (Å²) in [6, 6.07) is 18.3. The number of rotatable bonds is 2. The third-order valence-corrected chi connectivity index (χ3v) is 3.77. The average molecular weight is 303 g/mol. The quantitative estimate of drug-likeness (QED) is 0.528. The van der Waals surface area contributed by atoms with Crippen LogP contribution in [0.15, 0.2) is 60.7 Å². The number of fused-ring (bicyclic) bond motifs is 2. The molecule has 0 saturated carbocycles. The van der Waals surface area contributed by atoms with Gasteiger partial charge in [0, 0.05) is 5.39 Å². The molecule has 4 rings (SSSR count). The molecule has 0 aliphatic heterocycles. The van der Waals surface area contributed by atoms with Gasteiger partial charge in [0.05, 0.1) is 16.6 Å². The Bertz CT molecular complexity index is 1000. The fourth-order valence-electron chi connectivity index (χ4n) is 2.63. The number of H-pyrrole nitrogens is 1. The van der Waals surface area contributed by atoms with Crippen LogP contribution in [0.1, 0.15) is 10.4 Å². The Morgan fingerprint density at radius 3 is 2.65 bits per heavy atom. The average Bonchev–Trinajstić information content (AvgIpc) is 2.97. The number of anilines is 1. The minimum atomic E-state index is -0.410. The fraction of sp³-hybridized carbons (Fsp3) is 0. The number of nitrogens with zero attached hydrogens (tertiary/aromatic N) is 1. The van der Waals surface area contributed by atoms with Gasteiger partial charge in [-0.3, -0.25) is 10.1 Å². The van der Waals surface area contributed by atoms with Crippen molar-refractivity contribution in [1.82, 2.24) is 9.97 Å². The first-order valence-electron chi connectivity index (χ1n) is 7.19. The zero-order chi connectivity index (χ0) is 15.8. The molecule has 1 heterocycles. The molecule has 0 aliphatic rings. The van der Waals surface area contributed by atoms with Crippen molar-refractivity contribution in [3.05, 3.63) is 66.2 Å². The summed E-state index contributed by atoms with van der Waals surface area (Å²) < 4.78 is 0. The summed E-state index contributed by atoms with van der Waals surface area (Å²) in [5.41, 5.74) is 1.82. The lowest BCUT2D eigenvalue weighted by atomic mass is 10.0. The molecule has 0 aliphatic carbocycles. The monoisotopic (exact) mass is 303 g/mol. The normalized spacial score (nSPS) is 11.0. The Hall–Kier alpha value is -3.34. The van der Waals surface area contributed by atoms with Crippen molar-refractivity contribution >= 4 is 33.7 Å². The number of phenols is 1. The maximum Gasteiger partial charge on any atom is 0.261 e. The van der Waals surface area contributed by atoms with E-state index < -0.39 is 5.91 Å². The van der Waals surface area contributed by atoms with Gasteiger partial charge in [-0.2, -0.15) is 0 Å². The Kier molecular flexibility index (Phi) is 2.98. The summed E-state index contributed by atoms with van der Waals surface area (Å²) in [5, 5.41) is 14.6. The number of aromatic amines is 1. The van der Waals surface area contributed by atoms with Crippen LogP contribution in [-0.2, 0) is 0 Å². The molecule has 0 radical (unpaired) electrons. The highest BCUT2D eigenvalue weighted by atomic mass is 16.3. The molecule has 0 spiro atoms. The maximum atomic E-state index is 12.4. The number of imidazole rings is 1. The number of carbonyl (C=O) groups excluding carboxylic acids is 1. The number of nitrogens with one attached hydrogen (secondary N) is 2. The summed E-state index contributed by atoms with van der Waals surface area (Å²) >= 11 is 0. The Morgan fingerprint density at radius 1 is 1.00 bits per heavy atom. The molecular weight excluding hydrogens is 290 g/mol. The predicted molar refractivity (Wildman–Crippen MR) is 89.7 cm³/mol. The zero-order valence-corrected chi connectivity index (χ0v) is 12.1. The molecule has 23 heavy (non-hydrogen) atoms. The van der Waals surface area contributed by atoms with Crippen LogP contribution in [0, 0.1) is 0 Å². The van der Waals surface area contributed by atoms with Crippen molar-refractivity contribution in [2.24, 2.45) is 0 Å². The third-order valence-electron chi connectivity index (χ3n) is 3.77. The lowest BCUT2D eigenvalue weighted by Gasteiger charge is -2.07. The Labute approximate surface area is 131 Å². The Balaban J connectivity index is 1.70. The van der Waals surface area contributed by atoms with Gasteiger partial charge in [-0.25, -0.2) is 4.98 Å². The van der Waals surface area contributed by atoms with E-state index in [4.69, 9.17) is 0 Å². The second-order valence-electron chi connectivity index (χ2n) is 5.24. The summed E-state index contributed by atoms with van der Waals surface area (Å²) in [7, 11) is 0. The largest absolute Gasteiger partial charge is 0.506 e. The molecule has 0 saturated heterocycles. The van der Waals surface area contributed by atoms with E-state index in [1.165, 1.54) is 0 Å².